The molecular formula is C31H31ClN2O6. The summed E-state index contributed by atoms with van der Waals surface area (Å²) in [5, 5.41) is 11.0. The molecule has 4 aliphatic rings. The van der Waals surface area contributed by atoms with Gasteiger partial charge in [-0.1, -0.05) is 78.4 Å². The number of para-hydroxylation sites is 1. The number of rotatable bonds is 5. The highest BCUT2D eigenvalue weighted by molar-refractivity contribution is 6.34. The van der Waals surface area contributed by atoms with Gasteiger partial charge in [-0.05, 0) is 37.0 Å². The van der Waals surface area contributed by atoms with Crippen LogP contribution in [0.5, 0.6) is 0 Å². The number of nitrogens with zero attached hydrogens (tertiary/aromatic N) is 2. The second-order valence-corrected chi connectivity index (χ2v) is 11.2. The fourth-order valence-electron chi connectivity index (χ4n) is 6.74. The van der Waals surface area contributed by atoms with Gasteiger partial charge in [0.2, 0.25) is 5.91 Å². The number of esters is 1. The molecule has 2 saturated heterocycles. The van der Waals surface area contributed by atoms with Gasteiger partial charge < -0.3 is 24.4 Å². The number of hydrogen-bond acceptors (Lipinski definition) is 6. The molecule has 6 atom stereocenters. The lowest BCUT2D eigenvalue weighted by atomic mass is 9.77. The number of anilines is 1. The molecule has 8 nitrogen and oxygen atoms in total. The number of aryl methyl sites for hydroxylation is 1. The molecule has 0 aliphatic carbocycles. The van der Waals surface area contributed by atoms with Crippen molar-refractivity contribution in [1.29, 1.82) is 0 Å². The minimum absolute atomic E-state index is 0.206. The zero-order valence-electron chi connectivity index (χ0n) is 22.1. The van der Waals surface area contributed by atoms with Crippen molar-refractivity contribution in [3.8, 4) is 0 Å². The number of aliphatic hydroxyl groups is 1. The van der Waals surface area contributed by atoms with Crippen molar-refractivity contribution in [2.24, 2.45) is 11.8 Å². The van der Waals surface area contributed by atoms with Gasteiger partial charge in [-0.3, -0.25) is 14.4 Å². The van der Waals surface area contributed by atoms with Gasteiger partial charge in [0.15, 0.2) is 0 Å². The molecular weight excluding hydrogens is 532 g/mol. The summed E-state index contributed by atoms with van der Waals surface area (Å²) in [7, 11) is 0. The number of likely N-dealkylation sites (tertiary alicyclic amines) is 1. The van der Waals surface area contributed by atoms with Crippen molar-refractivity contribution >= 4 is 35.1 Å². The van der Waals surface area contributed by atoms with Gasteiger partial charge in [-0.2, -0.15) is 0 Å². The van der Waals surface area contributed by atoms with Crippen LogP contribution in [0.4, 0.5) is 5.69 Å². The van der Waals surface area contributed by atoms with Crippen LogP contribution in [0.3, 0.4) is 0 Å². The zero-order valence-corrected chi connectivity index (χ0v) is 22.9. The fraction of sp³-hybridized carbons (Fsp3) is 0.387. The number of cyclic esters (lactones) is 1. The number of hydrogen-bond donors (Lipinski definition) is 1. The summed E-state index contributed by atoms with van der Waals surface area (Å²) in [5.41, 5.74) is 0.841. The van der Waals surface area contributed by atoms with Crippen molar-refractivity contribution < 1.29 is 29.0 Å². The van der Waals surface area contributed by atoms with E-state index in [1.807, 2.05) is 61.5 Å². The lowest BCUT2D eigenvalue weighted by molar-refractivity contribution is -0.155. The molecule has 0 aromatic heterocycles. The number of benzene rings is 2. The van der Waals surface area contributed by atoms with Crippen molar-refractivity contribution in [2.75, 3.05) is 24.7 Å². The molecule has 4 aliphatic heterocycles. The molecule has 40 heavy (non-hydrogen) atoms. The summed E-state index contributed by atoms with van der Waals surface area (Å²) < 4.78 is 12.1. The zero-order chi connectivity index (χ0) is 28.0. The molecule has 2 fully saturated rings. The molecule has 4 heterocycles. The van der Waals surface area contributed by atoms with Crippen molar-refractivity contribution in [3.05, 3.63) is 89.0 Å². The number of fused-ring (bicyclic) bond motifs is 2. The first-order valence-electron chi connectivity index (χ1n) is 13.6. The Balaban J connectivity index is 1.50. The SMILES string of the molecule is Cc1cccc(Cl)c1N1CC=C[C@]23O[C@@H]4C=CCCOC(=O)[C@@H]4[C@H]2C(=O)N([C@@H](CO)Cc2ccccc2)C3C1=O. The van der Waals surface area contributed by atoms with E-state index in [1.165, 1.54) is 4.90 Å². The van der Waals surface area contributed by atoms with Crippen molar-refractivity contribution in [3.63, 3.8) is 0 Å². The van der Waals surface area contributed by atoms with E-state index in [9.17, 15) is 19.5 Å². The van der Waals surface area contributed by atoms with Crippen LogP contribution < -0.4 is 4.90 Å². The van der Waals surface area contributed by atoms with Crippen LogP contribution in [-0.2, 0) is 30.3 Å². The van der Waals surface area contributed by atoms with Crippen molar-refractivity contribution in [2.45, 2.75) is 43.6 Å². The van der Waals surface area contributed by atoms with Crippen LogP contribution in [0.25, 0.3) is 0 Å². The van der Waals surface area contributed by atoms with Crippen LogP contribution >= 0.6 is 11.6 Å². The largest absolute Gasteiger partial charge is 0.465 e. The van der Waals surface area contributed by atoms with Crippen molar-refractivity contribution in [1.82, 2.24) is 4.90 Å². The summed E-state index contributed by atoms with van der Waals surface area (Å²) in [4.78, 5) is 45.4. The number of carbonyl (C=O) groups excluding carboxylic acids is 3. The monoisotopic (exact) mass is 562 g/mol. The molecule has 0 radical (unpaired) electrons. The van der Waals surface area contributed by atoms with E-state index in [0.717, 1.165) is 11.1 Å². The third-order valence-corrected chi connectivity index (χ3v) is 8.74. The molecule has 0 saturated carbocycles. The van der Waals surface area contributed by atoms with Crippen LogP contribution in [0.1, 0.15) is 17.5 Å². The van der Waals surface area contributed by atoms with Gasteiger partial charge >= 0.3 is 5.97 Å². The molecule has 2 aromatic carbocycles. The normalized spacial score (nSPS) is 30.2. The molecule has 1 N–H and O–H groups in total. The molecule has 2 amide bonds. The van der Waals surface area contributed by atoms with Crippen LogP contribution in [0.15, 0.2) is 72.8 Å². The van der Waals surface area contributed by atoms with Crippen LogP contribution in [-0.4, -0.2) is 71.3 Å². The number of ether oxygens (including phenoxy) is 2. The number of aliphatic hydroxyl groups excluding tert-OH is 1. The third kappa shape index (κ3) is 4.17. The molecule has 1 unspecified atom stereocenters. The predicted molar refractivity (Wildman–Crippen MR) is 149 cm³/mol. The highest BCUT2D eigenvalue weighted by atomic mass is 35.5. The highest BCUT2D eigenvalue weighted by Crippen LogP contribution is 2.54. The second kappa shape index (κ2) is 10.5. The Bertz CT molecular complexity index is 1370. The first-order chi connectivity index (χ1) is 19.4. The topological polar surface area (TPSA) is 96.4 Å². The average molecular weight is 563 g/mol. The maximum atomic E-state index is 14.7. The van der Waals surface area contributed by atoms with Gasteiger partial charge in [-0.15, -0.1) is 0 Å². The second-order valence-electron chi connectivity index (χ2n) is 10.8. The van der Waals surface area contributed by atoms with E-state index in [1.54, 1.807) is 23.1 Å². The quantitative estimate of drug-likeness (QED) is 0.444. The van der Waals surface area contributed by atoms with Crippen LogP contribution in [0.2, 0.25) is 5.02 Å². The van der Waals surface area contributed by atoms with Gasteiger partial charge in [0.25, 0.3) is 5.91 Å². The maximum absolute atomic E-state index is 14.7. The summed E-state index contributed by atoms with van der Waals surface area (Å²) in [6.07, 6.45) is 7.41. The van der Waals surface area contributed by atoms with E-state index in [2.05, 4.69) is 0 Å². The average Bonchev–Trinajstić information content (AvgIpc) is 3.32. The van der Waals surface area contributed by atoms with Gasteiger partial charge in [0.1, 0.15) is 17.6 Å². The predicted octanol–water partition coefficient (Wildman–Crippen LogP) is 3.24. The Morgan fingerprint density at radius 2 is 1.88 bits per heavy atom. The van der Waals surface area contributed by atoms with Crippen LogP contribution in [0, 0.1) is 18.8 Å². The fourth-order valence-corrected chi connectivity index (χ4v) is 7.07. The molecule has 2 aromatic rings. The first-order valence-corrected chi connectivity index (χ1v) is 14.0. The van der Waals surface area contributed by atoms with E-state index >= 15 is 0 Å². The molecule has 0 bridgehead atoms. The minimum Gasteiger partial charge on any atom is -0.465 e. The summed E-state index contributed by atoms with van der Waals surface area (Å²) in [5.74, 6) is -3.21. The Labute approximate surface area is 237 Å². The Morgan fingerprint density at radius 3 is 2.62 bits per heavy atom. The lowest BCUT2D eigenvalue weighted by Crippen LogP contribution is -2.58. The number of halogens is 1. The minimum atomic E-state index is -1.43. The standard InChI is InChI=1S/C31H31ClN2O6/c1-19-9-7-12-22(32)26(19)33-15-8-14-31-25(24-23(40-31)13-5-6-16-39-30(24)38)28(36)34(27(31)29(33)37)21(18-35)17-20-10-3-2-4-11-20/h2-5,7-14,21,23-25,27,35H,6,15-18H2,1H3/t21-,23-,24+,25+,27?,31+/m1/s1. The maximum Gasteiger partial charge on any atom is 0.312 e. The van der Waals surface area contributed by atoms with Gasteiger partial charge in [0.05, 0.1) is 42.0 Å². The summed E-state index contributed by atoms with van der Waals surface area (Å²) in [6, 6.07) is 13.1. The van der Waals surface area contributed by atoms with Gasteiger partial charge in [-0.25, -0.2) is 0 Å². The molecule has 9 heteroatoms. The molecule has 1 spiro atoms. The Hall–Kier alpha value is -3.46. The smallest absolute Gasteiger partial charge is 0.312 e. The first kappa shape index (κ1) is 26.7. The summed E-state index contributed by atoms with van der Waals surface area (Å²) >= 11 is 6.61. The third-order valence-electron chi connectivity index (χ3n) is 8.44. The molecule has 208 valence electrons. The Morgan fingerprint density at radius 1 is 1.07 bits per heavy atom. The van der Waals surface area contributed by atoms with E-state index in [4.69, 9.17) is 21.1 Å². The number of amides is 2. The van der Waals surface area contributed by atoms with Gasteiger partial charge in [0, 0.05) is 6.54 Å². The Kier molecular flexibility index (Phi) is 7.02. The highest BCUT2D eigenvalue weighted by Gasteiger charge is 2.72. The summed E-state index contributed by atoms with van der Waals surface area (Å²) in [6.45, 7) is 1.92. The molecule has 6 rings (SSSR count). The van der Waals surface area contributed by atoms with E-state index < -0.39 is 47.5 Å². The van der Waals surface area contributed by atoms with E-state index in [0.29, 0.717) is 23.6 Å². The van der Waals surface area contributed by atoms with E-state index in [-0.39, 0.29) is 25.7 Å². The number of carbonyl (C=O) groups is 3. The lowest BCUT2D eigenvalue weighted by Gasteiger charge is -2.39.